The number of halogens is 1. The predicted molar refractivity (Wildman–Crippen MR) is 49.9 cm³/mol. The summed E-state index contributed by atoms with van der Waals surface area (Å²) in [6.45, 7) is 4.55. The molecule has 1 nitrogen and oxygen atoms in total. The molecule has 0 N–H and O–H groups in total. The summed E-state index contributed by atoms with van der Waals surface area (Å²) in [6.07, 6.45) is 6.10. The molecule has 0 spiro atoms. The van der Waals surface area contributed by atoms with E-state index in [0.29, 0.717) is 0 Å². The van der Waals surface area contributed by atoms with Crippen LogP contribution in [0.25, 0.3) is 0 Å². The van der Waals surface area contributed by atoms with Gasteiger partial charge in [-0.25, -0.2) is 0 Å². The fraction of sp³-hybridized carbons (Fsp3) is 0.778. The maximum Gasteiger partial charge on any atom is 0.0177 e. The summed E-state index contributed by atoms with van der Waals surface area (Å²) < 4.78 is 0. The average Bonchev–Trinajstić information content (AvgIpc) is 2.03. The van der Waals surface area contributed by atoms with Crippen molar-refractivity contribution in [1.82, 2.24) is 4.90 Å². The Labute approximate surface area is 74.0 Å². The largest absolute Gasteiger partial charge is 0.297 e. The molecule has 1 saturated heterocycles. The minimum Gasteiger partial charge on any atom is -0.297 e. The van der Waals surface area contributed by atoms with Gasteiger partial charge in [0, 0.05) is 18.1 Å². The molecule has 0 radical (unpaired) electrons. The molecule has 0 bridgehead atoms. The molecule has 0 amide bonds. The lowest BCUT2D eigenvalue weighted by molar-refractivity contribution is 0.179. The summed E-state index contributed by atoms with van der Waals surface area (Å²) in [7, 11) is 0. The number of likely N-dealkylation sites (tertiary alicyclic amines) is 1. The Kier molecular flexibility index (Phi) is 3.95. The van der Waals surface area contributed by atoms with Crippen LogP contribution in [0.5, 0.6) is 0 Å². The van der Waals surface area contributed by atoms with Crippen molar-refractivity contribution in [2.24, 2.45) is 0 Å². The zero-order chi connectivity index (χ0) is 8.10. The molecule has 0 saturated carbocycles. The fourth-order valence-corrected chi connectivity index (χ4v) is 1.68. The molecule has 1 aliphatic rings. The third-order valence-corrected chi connectivity index (χ3v) is 2.55. The lowest BCUT2D eigenvalue weighted by Gasteiger charge is -2.32. The van der Waals surface area contributed by atoms with Crippen LogP contribution in [-0.4, -0.2) is 24.0 Å². The van der Waals surface area contributed by atoms with Crippen molar-refractivity contribution in [3.05, 3.63) is 11.6 Å². The van der Waals surface area contributed by atoms with Gasteiger partial charge in [0.15, 0.2) is 0 Å². The smallest absolute Gasteiger partial charge is 0.0177 e. The van der Waals surface area contributed by atoms with Gasteiger partial charge in [0.25, 0.3) is 0 Å². The van der Waals surface area contributed by atoms with Crippen molar-refractivity contribution in [3.63, 3.8) is 0 Å². The average molecular weight is 174 g/mol. The minimum absolute atomic E-state index is 0.747. The monoisotopic (exact) mass is 173 g/mol. The SMILES string of the molecule is CC1CCCCN1C/C=C/Cl. The summed E-state index contributed by atoms with van der Waals surface area (Å²) in [4.78, 5) is 2.47. The molecule has 0 aromatic rings. The first-order valence-electron chi connectivity index (χ1n) is 4.34. The molecule has 0 aromatic carbocycles. The van der Waals surface area contributed by atoms with Crippen molar-refractivity contribution >= 4 is 11.6 Å². The molecule has 1 aliphatic heterocycles. The number of piperidine rings is 1. The summed E-state index contributed by atoms with van der Waals surface area (Å²) in [5, 5.41) is 0. The van der Waals surface area contributed by atoms with Crippen molar-refractivity contribution in [2.45, 2.75) is 32.2 Å². The molecule has 1 heterocycles. The lowest BCUT2D eigenvalue weighted by Crippen LogP contribution is -2.37. The number of nitrogens with zero attached hydrogens (tertiary/aromatic N) is 1. The highest BCUT2D eigenvalue weighted by molar-refractivity contribution is 6.25. The number of hydrogen-bond donors (Lipinski definition) is 0. The highest BCUT2D eigenvalue weighted by atomic mass is 35.5. The molecule has 0 aliphatic carbocycles. The topological polar surface area (TPSA) is 3.24 Å². The minimum atomic E-state index is 0.747. The van der Waals surface area contributed by atoms with E-state index in [1.165, 1.54) is 25.8 Å². The van der Waals surface area contributed by atoms with E-state index in [4.69, 9.17) is 11.6 Å². The van der Waals surface area contributed by atoms with Crippen LogP contribution in [-0.2, 0) is 0 Å². The van der Waals surface area contributed by atoms with Crippen molar-refractivity contribution in [2.75, 3.05) is 13.1 Å². The predicted octanol–water partition coefficient (Wildman–Crippen LogP) is 2.61. The first-order valence-corrected chi connectivity index (χ1v) is 4.77. The van der Waals surface area contributed by atoms with Gasteiger partial charge in [0.2, 0.25) is 0 Å². The van der Waals surface area contributed by atoms with Crippen molar-refractivity contribution in [3.8, 4) is 0 Å². The van der Waals surface area contributed by atoms with E-state index in [9.17, 15) is 0 Å². The standard InChI is InChI=1S/C9H16ClN/c1-9-5-2-3-7-11(9)8-4-6-10/h4,6,9H,2-3,5,7-8H2,1H3/b6-4+. The van der Waals surface area contributed by atoms with E-state index in [1.807, 2.05) is 6.08 Å². The zero-order valence-corrected chi connectivity index (χ0v) is 7.85. The van der Waals surface area contributed by atoms with Crippen LogP contribution in [0.2, 0.25) is 0 Å². The van der Waals surface area contributed by atoms with E-state index in [-0.39, 0.29) is 0 Å². The van der Waals surface area contributed by atoms with Crippen LogP contribution in [0.1, 0.15) is 26.2 Å². The van der Waals surface area contributed by atoms with Gasteiger partial charge in [0.05, 0.1) is 0 Å². The maximum atomic E-state index is 5.46. The Morgan fingerprint density at radius 1 is 1.55 bits per heavy atom. The van der Waals surface area contributed by atoms with Crippen LogP contribution in [0.3, 0.4) is 0 Å². The van der Waals surface area contributed by atoms with Gasteiger partial charge < -0.3 is 0 Å². The fourth-order valence-electron chi connectivity index (χ4n) is 1.60. The molecular formula is C9H16ClN. The lowest BCUT2D eigenvalue weighted by atomic mass is 10.0. The van der Waals surface area contributed by atoms with Crippen LogP contribution in [0.15, 0.2) is 11.6 Å². The van der Waals surface area contributed by atoms with E-state index in [2.05, 4.69) is 11.8 Å². The normalized spacial score (nSPS) is 28.0. The van der Waals surface area contributed by atoms with Crippen molar-refractivity contribution < 1.29 is 0 Å². The van der Waals surface area contributed by atoms with E-state index < -0.39 is 0 Å². The van der Waals surface area contributed by atoms with Gasteiger partial charge in [-0.3, -0.25) is 4.90 Å². The zero-order valence-electron chi connectivity index (χ0n) is 7.09. The highest BCUT2D eigenvalue weighted by Gasteiger charge is 2.15. The second kappa shape index (κ2) is 4.78. The van der Waals surface area contributed by atoms with Gasteiger partial charge in [-0.15, -0.1) is 0 Å². The van der Waals surface area contributed by atoms with Gasteiger partial charge in [0.1, 0.15) is 0 Å². The molecule has 0 aromatic heterocycles. The van der Waals surface area contributed by atoms with E-state index >= 15 is 0 Å². The third kappa shape index (κ3) is 2.84. The number of rotatable bonds is 2. The van der Waals surface area contributed by atoms with Crippen LogP contribution in [0.4, 0.5) is 0 Å². The second-order valence-corrected chi connectivity index (χ2v) is 3.45. The highest BCUT2D eigenvalue weighted by Crippen LogP contribution is 2.15. The van der Waals surface area contributed by atoms with Gasteiger partial charge >= 0.3 is 0 Å². The van der Waals surface area contributed by atoms with Crippen LogP contribution < -0.4 is 0 Å². The molecule has 2 heteroatoms. The Bertz CT molecular complexity index is 134. The molecule has 1 fully saturated rings. The number of hydrogen-bond acceptors (Lipinski definition) is 1. The van der Waals surface area contributed by atoms with Gasteiger partial charge in [-0.1, -0.05) is 24.1 Å². The summed E-state index contributed by atoms with van der Waals surface area (Å²) in [5.74, 6) is 0. The van der Waals surface area contributed by atoms with E-state index in [1.54, 1.807) is 5.54 Å². The quantitative estimate of drug-likeness (QED) is 0.621. The molecule has 64 valence electrons. The van der Waals surface area contributed by atoms with E-state index in [0.717, 1.165) is 12.6 Å². The van der Waals surface area contributed by atoms with Crippen LogP contribution in [0, 0.1) is 0 Å². The third-order valence-electron chi connectivity index (χ3n) is 2.37. The first kappa shape index (κ1) is 9.08. The molecular weight excluding hydrogens is 158 g/mol. The maximum absolute atomic E-state index is 5.46. The summed E-state index contributed by atoms with van der Waals surface area (Å²) in [5.41, 5.74) is 1.61. The summed E-state index contributed by atoms with van der Waals surface area (Å²) in [6, 6.07) is 0.747. The first-order chi connectivity index (χ1) is 5.34. The van der Waals surface area contributed by atoms with Crippen LogP contribution >= 0.6 is 11.6 Å². The molecule has 1 atom stereocenters. The van der Waals surface area contributed by atoms with Gasteiger partial charge in [-0.05, 0) is 26.3 Å². The molecule has 1 unspecified atom stereocenters. The molecule has 11 heavy (non-hydrogen) atoms. The Morgan fingerprint density at radius 2 is 2.36 bits per heavy atom. The van der Waals surface area contributed by atoms with Gasteiger partial charge in [-0.2, -0.15) is 0 Å². The molecule has 1 rings (SSSR count). The Hall–Kier alpha value is -0.0100. The summed E-state index contributed by atoms with van der Waals surface area (Å²) >= 11 is 5.46. The Morgan fingerprint density at radius 3 is 3.00 bits per heavy atom. The van der Waals surface area contributed by atoms with Crippen molar-refractivity contribution in [1.29, 1.82) is 0 Å². The second-order valence-electron chi connectivity index (χ2n) is 3.20. The Balaban J connectivity index is 2.29.